The maximum atomic E-state index is 12.4. The summed E-state index contributed by atoms with van der Waals surface area (Å²) in [5.41, 5.74) is -1.01. The van der Waals surface area contributed by atoms with Crippen molar-refractivity contribution < 1.29 is 28.2 Å². The van der Waals surface area contributed by atoms with E-state index in [4.69, 9.17) is 5.11 Å². The molecule has 19 heavy (non-hydrogen) atoms. The smallest absolute Gasteiger partial charge is 0.403 e. The largest absolute Gasteiger partial charge is 0.481 e. The van der Waals surface area contributed by atoms with E-state index in [0.717, 1.165) is 25.7 Å². The van der Waals surface area contributed by atoms with Gasteiger partial charge in [0.05, 0.1) is 5.60 Å². The van der Waals surface area contributed by atoms with Crippen molar-refractivity contribution in [3.8, 4) is 0 Å². The van der Waals surface area contributed by atoms with Gasteiger partial charge in [-0.05, 0) is 12.8 Å². The molecular formula is C12H20F3NO3. The van der Waals surface area contributed by atoms with Gasteiger partial charge in [0.1, 0.15) is 0 Å². The lowest BCUT2D eigenvalue weighted by Crippen LogP contribution is -2.45. The molecule has 0 saturated heterocycles. The molecular weight excluding hydrogens is 263 g/mol. The Labute approximate surface area is 110 Å². The van der Waals surface area contributed by atoms with E-state index >= 15 is 0 Å². The molecule has 0 spiro atoms. The van der Waals surface area contributed by atoms with Crippen LogP contribution in [-0.2, 0) is 4.79 Å². The SMILES string of the molecule is O=C(O)C(CNCC1(O)CCCCCC1)C(F)(F)F. The lowest BCUT2D eigenvalue weighted by atomic mass is 9.94. The molecule has 0 radical (unpaired) electrons. The minimum Gasteiger partial charge on any atom is -0.481 e. The number of aliphatic hydroxyl groups is 1. The van der Waals surface area contributed by atoms with Gasteiger partial charge in [-0.3, -0.25) is 4.79 Å². The molecule has 3 N–H and O–H groups in total. The van der Waals surface area contributed by atoms with Crippen LogP contribution in [0.5, 0.6) is 0 Å². The molecule has 1 saturated carbocycles. The van der Waals surface area contributed by atoms with E-state index in [0.29, 0.717) is 12.8 Å². The second kappa shape index (κ2) is 6.56. The lowest BCUT2D eigenvalue weighted by molar-refractivity contribution is -0.192. The summed E-state index contributed by atoms with van der Waals surface area (Å²) in [7, 11) is 0. The zero-order valence-electron chi connectivity index (χ0n) is 10.7. The molecule has 1 fully saturated rings. The first-order valence-corrected chi connectivity index (χ1v) is 6.47. The molecule has 0 bridgehead atoms. The van der Waals surface area contributed by atoms with Gasteiger partial charge < -0.3 is 15.5 Å². The Morgan fingerprint density at radius 1 is 1.21 bits per heavy atom. The van der Waals surface area contributed by atoms with Gasteiger partial charge in [0.2, 0.25) is 0 Å². The fourth-order valence-corrected chi connectivity index (χ4v) is 2.36. The van der Waals surface area contributed by atoms with E-state index in [1.807, 2.05) is 0 Å². The number of carbonyl (C=O) groups is 1. The fourth-order valence-electron chi connectivity index (χ4n) is 2.36. The van der Waals surface area contributed by atoms with Crippen molar-refractivity contribution in [3.05, 3.63) is 0 Å². The molecule has 1 rings (SSSR count). The number of carboxylic acid groups (broad SMARTS) is 1. The van der Waals surface area contributed by atoms with Gasteiger partial charge in [0.25, 0.3) is 0 Å². The summed E-state index contributed by atoms with van der Waals surface area (Å²) in [6.07, 6.45) is 0.0449. The summed E-state index contributed by atoms with van der Waals surface area (Å²) >= 11 is 0. The number of carboxylic acids is 1. The van der Waals surface area contributed by atoms with Gasteiger partial charge in [-0.25, -0.2) is 0 Å². The van der Waals surface area contributed by atoms with Crippen molar-refractivity contribution in [3.63, 3.8) is 0 Å². The van der Waals surface area contributed by atoms with Crippen LogP contribution in [0.1, 0.15) is 38.5 Å². The topological polar surface area (TPSA) is 69.6 Å². The third kappa shape index (κ3) is 5.36. The summed E-state index contributed by atoms with van der Waals surface area (Å²) < 4.78 is 37.2. The second-order valence-electron chi connectivity index (χ2n) is 5.20. The van der Waals surface area contributed by atoms with Gasteiger partial charge in [0, 0.05) is 13.1 Å². The molecule has 112 valence electrons. The van der Waals surface area contributed by atoms with Gasteiger partial charge >= 0.3 is 12.1 Å². The molecule has 0 aromatic carbocycles. The summed E-state index contributed by atoms with van der Waals surface area (Å²) in [5, 5.41) is 21.2. The van der Waals surface area contributed by atoms with Crippen LogP contribution in [0.2, 0.25) is 0 Å². The van der Waals surface area contributed by atoms with Crippen molar-refractivity contribution in [2.75, 3.05) is 13.1 Å². The third-order valence-electron chi connectivity index (χ3n) is 3.53. The number of nitrogens with one attached hydrogen (secondary N) is 1. The zero-order chi connectivity index (χ0) is 14.5. The Balaban J connectivity index is 2.45. The maximum absolute atomic E-state index is 12.4. The van der Waals surface area contributed by atoms with Gasteiger partial charge in [0.15, 0.2) is 5.92 Å². The predicted molar refractivity (Wildman–Crippen MR) is 62.7 cm³/mol. The van der Waals surface area contributed by atoms with Crippen molar-refractivity contribution in [2.45, 2.75) is 50.3 Å². The number of alkyl halides is 3. The number of hydrogen-bond donors (Lipinski definition) is 3. The number of halogens is 3. The summed E-state index contributed by atoms with van der Waals surface area (Å²) in [6.45, 7) is -0.700. The average molecular weight is 283 g/mol. The van der Waals surface area contributed by atoms with Crippen LogP contribution in [0, 0.1) is 5.92 Å². The van der Waals surface area contributed by atoms with E-state index in [1.54, 1.807) is 0 Å². The minimum absolute atomic E-state index is 0.00681. The highest BCUT2D eigenvalue weighted by Crippen LogP contribution is 2.28. The molecule has 0 aromatic heterocycles. The zero-order valence-corrected chi connectivity index (χ0v) is 10.7. The number of hydrogen-bond acceptors (Lipinski definition) is 3. The normalized spacial score (nSPS) is 21.7. The summed E-state index contributed by atoms with van der Waals surface area (Å²) in [6, 6.07) is 0. The Morgan fingerprint density at radius 2 is 1.74 bits per heavy atom. The van der Waals surface area contributed by atoms with E-state index in [-0.39, 0.29) is 6.54 Å². The Hall–Kier alpha value is -0.820. The Bertz CT molecular complexity index is 299. The Kier molecular flexibility index (Phi) is 5.61. The van der Waals surface area contributed by atoms with Gasteiger partial charge in [-0.2, -0.15) is 13.2 Å². The van der Waals surface area contributed by atoms with Crippen LogP contribution in [0.3, 0.4) is 0 Å². The van der Waals surface area contributed by atoms with Crippen LogP contribution >= 0.6 is 0 Å². The molecule has 1 aliphatic rings. The van der Waals surface area contributed by atoms with Gasteiger partial charge in [-0.15, -0.1) is 0 Å². The van der Waals surface area contributed by atoms with Crippen LogP contribution < -0.4 is 5.32 Å². The highest BCUT2D eigenvalue weighted by atomic mass is 19.4. The lowest BCUT2D eigenvalue weighted by Gasteiger charge is -2.28. The Morgan fingerprint density at radius 3 is 2.16 bits per heavy atom. The first-order chi connectivity index (χ1) is 8.75. The minimum atomic E-state index is -4.77. The quantitative estimate of drug-likeness (QED) is 0.674. The molecule has 4 nitrogen and oxygen atoms in total. The maximum Gasteiger partial charge on any atom is 0.403 e. The first kappa shape index (κ1) is 16.2. The highest BCUT2D eigenvalue weighted by molar-refractivity contribution is 5.71. The molecule has 1 atom stereocenters. The fraction of sp³-hybridized carbons (Fsp3) is 0.917. The molecule has 0 heterocycles. The van der Waals surface area contributed by atoms with Crippen LogP contribution in [0.4, 0.5) is 13.2 Å². The molecule has 7 heteroatoms. The standard InChI is InChI=1S/C12H20F3NO3/c13-12(14,15)9(10(17)18)7-16-8-11(19)5-3-1-2-4-6-11/h9,16,19H,1-8H2,(H,17,18). The first-order valence-electron chi connectivity index (χ1n) is 6.47. The second-order valence-corrected chi connectivity index (χ2v) is 5.20. The van der Waals surface area contributed by atoms with Crippen LogP contribution in [-0.4, -0.2) is 41.0 Å². The summed E-state index contributed by atoms with van der Waals surface area (Å²) in [5.74, 6) is -4.32. The molecule has 1 unspecified atom stereocenters. The van der Waals surface area contributed by atoms with Crippen molar-refractivity contribution in [2.24, 2.45) is 5.92 Å². The van der Waals surface area contributed by atoms with Crippen molar-refractivity contribution in [1.29, 1.82) is 0 Å². The predicted octanol–water partition coefficient (Wildman–Crippen LogP) is 1.92. The van der Waals surface area contributed by atoms with Crippen molar-refractivity contribution >= 4 is 5.97 Å². The van der Waals surface area contributed by atoms with Crippen LogP contribution in [0.15, 0.2) is 0 Å². The average Bonchev–Trinajstić information content (AvgIpc) is 2.48. The van der Waals surface area contributed by atoms with E-state index in [9.17, 15) is 23.1 Å². The van der Waals surface area contributed by atoms with Crippen molar-refractivity contribution in [1.82, 2.24) is 5.32 Å². The van der Waals surface area contributed by atoms with E-state index in [1.165, 1.54) is 0 Å². The summed E-state index contributed by atoms with van der Waals surface area (Å²) in [4.78, 5) is 10.5. The highest BCUT2D eigenvalue weighted by Gasteiger charge is 2.45. The van der Waals surface area contributed by atoms with E-state index in [2.05, 4.69) is 5.32 Å². The number of aliphatic carboxylic acids is 1. The molecule has 0 amide bonds. The third-order valence-corrected chi connectivity index (χ3v) is 3.53. The number of rotatable bonds is 5. The molecule has 0 aromatic rings. The monoisotopic (exact) mass is 283 g/mol. The van der Waals surface area contributed by atoms with E-state index < -0.39 is 30.2 Å². The molecule has 0 aliphatic heterocycles. The van der Waals surface area contributed by atoms with Gasteiger partial charge in [-0.1, -0.05) is 25.7 Å². The van der Waals surface area contributed by atoms with Crippen LogP contribution in [0.25, 0.3) is 0 Å². The molecule has 1 aliphatic carbocycles.